The molecule has 1 saturated heterocycles. The van der Waals surface area contributed by atoms with Crippen molar-refractivity contribution in [3.63, 3.8) is 0 Å². The number of anilines is 1. The average molecular weight is 496 g/mol. The van der Waals surface area contributed by atoms with Crippen LogP contribution in [0.4, 0.5) is 14.5 Å². The number of nitrogens with one attached hydrogen (secondary N) is 2. The third-order valence-corrected chi connectivity index (χ3v) is 4.97. The molecule has 0 spiro atoms. The van der Waals surface area contributed by atoms with E-state index in [1.54, 1.807) is 0 Å². The van der Waals surface area contributed by atoms with Crippen molar-refractivity contribution in [3.8, 4) is 0 Å². The minimum absolute atomic E-state index is 0. The summed E-state index contributed by atoms with van der Waals surface area (Å²) in [4.78, 5) is 6.43. The van der Waals surface area contributed by atoms with Crippen molar-refractivity contribution in [1.29, 1.82) is 0 Å². The summed E-state index contributed by atoms with van der Waals surface area (Å²) >= 11 is 0. The lowest BCUT2D eigenvalue weighted by atomic mass is 9.98. The summed E-state index contributed by atoms with van der Waals surface area (Å²) in [5.74, 6) is -0.456. The van der Waals surface area contributed by atoms with Gasteiger partial charge in [0.15, 0.2) is 5.96 Å². The molecular weight excluding hydrogens is 465 g/mol. The Morgan fingerprint density at radius 3 is 2.59 bits per heavy atom. The summed E-state index contributed by atoms with van der Waals surface area (Å²) in [5, 5.41) is 17.0. The Balaban J connectivity index is 0.00000364. The van der Waals surface area contributed by atoms with Gasteiger partial charge >= 0.3 is 0 Å². The van der Waals surface area contributed by atoms with Crippen LogP contribution < -0.4 is 15.5 Å². The van der Waals surface area contributed by atoms with Crippen molar-refractivity contribution in [2.24, 2.45) is 4.99 Å². The van der Waals surface area contributed by atoms with Crippen LogP contribution >= 0.6 is 24.0 Å². The summed E-state index contributed by atoms with van der Waals surface area (Å²) in [7, 11) is 0. The van der Waals surface area contributed by atoms with Gasteiger partial charge in [-0.2, -0.15) is 0 Å². The molecule has 5 nitrogen and oxygen atoms in total. The van der Waals surface area contributed by atoms with Gasteiger partial charge in [0, 0.05) is 31.7 Å². The summed E-state index contributed by atoms with van der Waals surface area (Å²) in [6.07, 6.45) is 2.12. The molecule has 0 bridgehead atoms. The Hall–Kier alpha value is -1.16. The highest BCUT2D eigenvalue weighted by atomic mass is 127. The SMILES string of the molecule is CCNC(=NCC(O)(CC)CC)NC1CCN(c2ccc(F)cc2F)C1.I. The third kappa shape index (κ3) is 6.74. The molecule has 1 atom stereocenters. The van der Waals surface area contributed by atoms with E-state index in [0.717, 1.165) is 12.5 Å². The van der Waals surface area contributed by atoms with Crippen LogP contribution in [0.2, 0.25) is 0 Å². The first kappa shape index (κ1) is 23.9. The zero-order valence-electron chi connectivity index (χ0n) is 16.3. The first-order valence-electron chi connectivity index (χ1n) is 9.38. The molecule has 0 amide bonds. The zero-order chi connectivity index (χ0) is 19.2. The van der Waals surface area contributed by atoms with Crippen LogP contribution in [-0.4, -0.2) is 48.9 Å². The number of guanidine groups is 1. The molecule has 3 N–H and O–H groups in total. The highest BCUT2D eigenvalue weighted by Crippen LogP contribution is 2.24. The maximum Gasteiger partial charge on any atom is 0.191 e. The molecule has 1 heterocycles. The average Bonchev–Trinajstić information content (AvgIpc) is 3.08. The van der Waals surface area contributed by atoms with E-state index in [1.165, 1.54) is 12.1 Å². The van der Waals surface area contributed by atoms with Gasteiger partial charge in [-0.15, -0.1) is 24.0 Å². The van der Waals surface area contributed by atoms with Crippen LogP contribution in [-0.2, 0) is 0 Å². The minimum Gasteiger partial charge on any atom is -0.388 e. The number of rotatable bonds is 7. The molecule has 0 aromatic heterocycles. The molecule has 154 valence electrons. The molecule has 2 rings (SSSR count). The Labute approximate surface area is 177 Å². The van der Waals surface area contributed by atoms with Gasteiger partial charge in [0.05, 0.1) is 17.8 Å². The lowest BCUT2D eigenvalue weighted by Gasteiger charge is -2.24. The highest BCUT2D eigenvalue weighted by Gasteiger charge is 2.26. The van der Waals surface area contributed by atoms with E-state index in [2.05, 4.69) is 15.6 Å². The zero-order valence-corrected chi connectivity index (χ0v) is 18.6. The van der Waals surface area contributed by atoms with Gasteiger partial charge in [-0.05, 0) is 38.3 Å². The minimum atomic E-state index is -0.790. The smallest absolute Gasteiger partial charge is 0.191 e. The molecule has 1 aliphatic heterocycles. The number of halogens is 3. The molecule has 8 heteroatoms. The number of aliphatic imine (C=N–C) groups is 1. The second-order valence-electron chi connectivity index (χ2n) is 6.80. The van der Waals surface area contributed by atoms with Gasteiger partial charge in [-0.1, -0.05) is 13.8 Å². The maximum atomic E-state index is 14.0. The molecule has 1 aromatic rings. The van der Waals surface area contributed by atoms with Crippen LogP contribution in [0.3, 0.4) is 0 Å². The third-order valence-electron chi connectivity index (χ3n) is 4.97. The quantitative estimate of drug-likeness (QED) is 0.308. The monoisotopic (exact) mass is 496 g/mol. The van der Waals surface area contributed by atoms with E-state index in [1.807, 2.05) is 25.7 Å². The van der Waals surface area contributed by atoms with Crippen LogP contribution in [0.1, 0.15) is 40.0 Å². The summed E-state index contributed by atoms with van der Waals surface area (Å²) < 4.78 is 27.1. The molecule has 27 heavy (non-hydrogen) atoms. The second-order valence-corrected chi connectivity index (χ2v) is 6.80. The Kier molecular flexibility index (Phi) is 9.72. The van der Waals surface area contributed by atoms with E-state index in [0.29, 0.717) is 50.7 Å². The fourth-order valence-electron chi connectivity index (χ4n) is 3.05. The van der Waals surface area contributed by atoms with Gasteiger partial charge in [0.2, 0.25) is 0 Å². The van der Waals surface area contributed by atoms with Crippen molar-refractivity contribution >= 4 is 35.6 Å². The van der Waals surface area contributed by atoms with Crippen LogP contribution in [0.15, 0.2) is 23.2 Å². The predicted octanol–water partition coefficient (Wildman–Crippen LogP) is 3.27. The topological polar surface area (TPSA) is 59.9 Å². The van der Waals surface area contributed by atoms with E-state index < -0.39 is 17.2 Å². The number of hydrogen-bond donors (Lipinski definition) is 3. The molecule has 1 aromatic carbocycles. The maximum absolute atomic E-state index is 14.0. The number of hydrogen-bond acceptors (Lipinski definition) is 3. The van der Waals surface area contributed by atoms with Crippen LogP contribution in [0.5, 0.6) is 0 Å². The largest absolute Gasteiger partial charge is 0.388 e. The Bertz CT molecular complexity index is 626. The predicted molar refractivity (Wildman–Crippen MR) is 117 cm³/mol. The Morgan fingerprint density at radius 2 is 2.00 bits per heavy atom. The van der Waals surface area contributed by atoms with Crippen molar-refractivity contribution < 1.29 is 13.9 Å². The van der Waals surface area contributed by atoms with Crippen molar-refractivity contribution in [2.45, 2.75) is 51.7 Å². The summed E-state index contributed by atoms with van der Waals surface area (Å²) in [6, 6.07) is 3.78. The van der Waals surface area contributed by atoms with Crippen molar-refractivity contribution in [3.05, 3.63) is 29.8 Å². The van der Waals surface area contributed by atoms with E-state index in [-0.39, 0.29) is 30.0 Å². The normalized spacial score (nSPS) is 17.6. The first-order valence-corrected chi connectivity index (χ1v) is 9.38. The lowest BCUT2D eigenvalue weighted by molar-refractivity contribution is 0.0418. The summed E-state index contributed by atoms with van der Waals surface area (Å²) in [6.45, 7) is 8.23. The second kappa shape index (κ2) is 11.0. The molecule has 1 unspecified atom stereocenters. The number of benzene rings is 1. The molecule has 1 aliphatic rings. The number of nitrogens with zero attached hydrogens (tertiary/aromatic N) is 2. The number of aliphatic hydroxyl groups is 1. The van der Waals surface area contributed by atoms with Crippen molar-refractivity contribution in [1.82, 2.24) is 10.6 Å². The van der Waals surface area contributed by atoms with Gasteiger partial charge in [0.25, 0.3) is 0 Å². The van der Waals surface area contributed by atoms with Gasteiger partial charge in [-0.25, -0.2) is 8.78 Å². The van der Waals surface area contributed by atoms with E-state index >= 15 is 0 Å². The van der Waals surface area contributed by atoms with Crippen LogP contribution in [0, 0.1) is 11.6 Å². The van der Waals surface area contributed by atoms with E-state index in [4.69, 9.17) is 0 Å². The standard InChI is InChI=1S/C19H30F2N4O.HI/c1-4-19(26,5-2)13-23-18(22-6-3)24-15-9-10-25(12-15)17-8-7-14(20)11-16(17)21;/h7-8,11,15,26H,4-6,9-10,12-13H2,1-3H3,(H2,22,23,24);1H. The fourth-order valence-corrected chi connectivity index (χ4v) is 3.05. The van der Waals surface area contributed by atoms with Gasteiger partial charge < -0.3 is 20.6 Å². The van der Waals surface area contributed by atoms with Crippen molar-refractivity contribution in [2.75, 3.05) is 31.1 Å². The lowest BCUT2D eigenvalue weighted by Crippen LogP contribution is -2.45. The van der Waals surface area contributed by atoms with Gasteiger partial charge in [0.1, 0.15) is 11.6 Å². The molecule has 0 radical (unpaired) electrons. The molecule has 0 saturated carbocycles. The highest BCUT2D eigenvalue weighted by molar-refractivity contribution is 14.0. The van der Waals surface area contributed by atoms with Gasteiger partial charge in [-0.3, -0.25) is 4.99 Å². The molecule has 0 aliphatic carbocycles. The summed E-state index contributed by atoms with van der Waals surface area (Å²) in [5.41, 5.74) is -0.370. The van der Waals surface area contributed by atoms with E-state index in [9.17, 15) is 13.9 Å². The molecular formula is C19H31F2IN4O. The first-order chi connectivity index (χ1) is 12.4. The fraction of sp³-hybridized carbons (Fsp3) is 0.632. The molecule has 1 fully saturated rings. The van der Waals surface area contributed by atoms with Crippen LogP contribution in [0.25, 0.3) is 0 Å². The Morgan fingerprint density at radius 1 is 1.30 bits per heavy atom.